The summed E-state index contributed by atoms with van der Waals surface area (Å²) in [4.78, 5) is 50.4. The van der Waals surface area contributed by atoms with E-state index in [1.165, 1.54) is 6.07 Å². The maximum absolute atomic E-state index is 12.4. The first-order valence-electron chi connectivity index (χ1n) is 9.98. The summed E-state index contributed by atoms with van der Waals surface area (Å²) in [6.07, 6.45) is 0.0278. The molecule has 2 aromatic rings. The molecular weight excluding hydrogens is 400 g/mol. The third kappa shape index (κ3) is 5.48. The molecule has 1 fully saturated rings. The number of esters is 2. The molecule has 1 aliphatic heterocycles. The van der Waals surface area contributed by atoms with Crippen LogP contribution in [-0.4, -0.2) is 43.5 Å². The van der Waals surface area contributed by atoms with E-state index in [-0.39, 0.29) is 36.7 Å². The summed E-state index contributed by atoms with van der Waals surface area (Å²) in [5.41, 5.74) is 2.27. The van der Waals surface area contributed by atoms with Crippen molar-refractivity contribution in [2.24, 2.45) is 5.92 Å². The SMILES string of the molecule is CCOC(=O)c1ccccc1NC(=O)COC(=O)[C@@H]1CC(=O)N(c2ccc(C)cc2)C1. The Kier molecular flexibility index (Phi) is 7.02. The number of nitrogens with zero attached hydrogens (tertiary/aromatic N) is 1. The predicted octanol–water partition coefficient (Wildman–Crippen LogP) is 2.71. The van der Waals surface area contributed by atoms with Crippen molar-refractivity contribution in [3.8, 4) is 0 Å². The molecule has 1 N–H and O–H groups in total. The maximum atomic E-state index is 12.4. The standard InChI is InChI=1S/C23H24N2O6/c1-3-30-23(29)18-6-4-5-7-19(18)24-20(26)14-31-22(28)16-12-21(27)25(13-16)17-10-8-15(2)9-11-17/h4-11,16H,3,12-14H2,1-2H3,(H,24,26)/t16-/m1/s1. The molecule has 1 heterocycles. The molecule has 1 saturated heterocycles. The van der Waals surface area contributed by atoms with Gasteiger partial charge < -0.3 is 19.7 Å². The van der Waals surface area contributed by atoms with Crippen LogP contribution in [0.5, 0.6) is 0 Å². The quantitative estimate of drug-likeness (QED) is 0.686. The summed E-state index contributed by atoms with van der Waals surface area (Å²) in [5.74, 6) is -2.58. The van der Waals surface area contributed by atoms with Gasteiger partial charge in [0.05, 0.1) is 23.8 Å². The molecule has 8 heteroatoms. The van der Waals surface area contributed by atoms with Gasteiger partial charge in [-0.1, -0.05) is 29.8 Å². The van der Waals surface area contributed by atoms with Crippen LogP contribution in [0.3, 0.4) is 0 Å². The minimum Gasteiger partial charge on any atom is -0.462 e. The Labute approximate surface area is 180 Å². The van der Waals surface area contributed by atoms with Gasteiger partial charge in [-0.2, -0.15) is 0 Å². The molecule has 31 heavy (non-hydrogen) atoms. The maximum Gasteiger partial charge on any atom is 0.340 e. The number of hydrogen-bond donors (Lipinski definition) is 1. The minimum absolute atomic E-state index is 0.0278. The lowest BCUT2D eigenvalue weighted by atomic mass is 10.1. The molecule has 0 unspecified atom stereocenters. The van der Waals surface area contributed by atoms with Gasteiger partial charge in [-0.05, 0) is 38.1 Å². The van der Waals surface area contributed by atoms with Gasteiger partial charge in [0.15, 0.2) is 6.61 Å². The van der Waals surface area contributed by atoms with Crippen molar-refractivity contribution in [2.75, 3.05) is 30.0 Å². The Morgan fingerprint density at radius 3 is 2.48 bits per heavy atom. The Balaban J connectivity index is 1.54. The molecule has 1 atom stereocenters. The highest BCUT2D eigenvalue weighted by Crippen LogP contribution is 2.26. The van der Waals surface area contributed by atoms with Crippen LogP contribution in [-0.2, 0) is 23.9 Å². The molecule has 0 radical (unpaired) electrons. The van der Waals surface area contributed by atoms with Crippen LogP contribution in [0.15, 0.2) is 48.5 Å². The number of benzene rings is 2. The Morgan fingerprint density at radius 1 is 1.06 bits per heavy atom. The molecule has 0 aromatic heterocycles. The molecule has 2 amide bonds. The molecule has 3 rings (SSSR count). The van der Waals surface area contributed by atoms with E-state index in [0.717, 1.165) is 11.3 Å². The van der Waals surface area contributed by atoms with Gasteiger partial charge in [-0.15, -0.1) is 0 Å². The van der Waals surface area contributed by atoms with Gasteiger partial charge in [0.25, 0.3) is 5.91 Å². The second kappa shape index (κ2) is 9.88. The third-order valence-electron chi connectivity index (χ3n) is 4.85. The van der Waals surface area contributed by atoms with Crippen LogP contribution < -0.4 is 10.2 Å². The highest BCUT2D eigenvalue weighted by molar-refractivity contribution is 6.02. The zero-order valence-electron chi connectivity index (χ0n) is 17.4. The lowest BCUT2D eigenvalue weighted by Gasteiger charge is -2.16. The number of aryl methyl sites for hydroxylation is 1. The number of rotatable bonds is 7. The fourth-order valence-corrected chi connectivity index (χ4v) is 3.26. The van der Waals surface area contributed by atoms with Gasteiger partial charge in [0.1, 0.15) is 0 Å². The third-order valence-corrected chi connectivity index (χ3v) is 4.85. The van der Waals surface area contributed by atoms with E-state index in [2.05, 4.69) is 5.32 Å². The highest BCUT2D eigenvalue weighted by atomic mass is 16.5. The first-order valence-corrected chi connectivity index (χ1v) is 9.98. The Morgan fingerprint density at radius 2 is 1.77 bits per heavy atom. The minimum atomic E-state index is -0.645. The van der Waals surface area contributed by atoms with Gasteiger partial charge in [-0.3, -0.25) is 14.4 Å². The number of nitrogens with one attached hydrogen (secondary N) is 1. The average molecular weight is 424 g/mol. The average Bonchev–Trinajstić information content (AvgIpc) is 3.15. The smallest absolute Gasteiger partial charge is 0.340 e. The van der Waals surface area contributed by atoms with Crippen LogP contribution in [0.4, 0.5) is 11.4 Å². The van der Waals surface area contributed by atoms with Gasteiger partial charge in [-0.25, -0.2) is 4.79 Å². The molecule has 0 spiro atoms. The van der Waals surface area contributed by atoms with Gasteiger partial charge >= 0.3 is 11.9 Å². The second-order valence-corrected chi connectivity index (χ2v) is 7.16. The lowest BCUT2D eigenvalue weighted by molar-refractivity contribution is -0.151. The van der Waals surface area contributed by atoms with Crippen molar-refractivity contribution < 1.29 is 28.7 Å². The zero-order valence-corrected chi connectivity index (χ0v) is 17.4. The fourth-order valence-electron chi connectivity index (χ4n) is 3.26. The Bertz CT molecular complexity index is 986. The fraction of sp³-hybridized carbons (Fsp3) is 0.304. The summed E-state index contributed by atoms with van der Waals surface area (Å²) in [6, 6.07) is 13.8. The number of amides is 2. The number of carbonyl (C=O) groups excluding carboxylic acids is 4. The van der Waals surface area contributed by atoms with Crippen LogP contribution in [0.2, 0.25) is 0 Å². The monoisotopic (exact) mass is 424 g/mol. The number of anilines is 2. The van der Waals surface area contributed by atoms with E-state index in [4.69, 9.17) is 9.47 Å². The second-order valence-electron chi connectivity index (χ2n) is 7.16. The molecule has 8 nitrogen and oxygen atoms in total. The van der Waals surface area contributed by atoms with Crippen LogP contribution in [0.25, 0.3) is 0 Å². The summed E-state index contributed by atoms with van der Waals surface area (Å²) >= 11 is 0. The summed E-state index contributed by atoms with van der Waals surface area (Å²) in [7, 11) is 0. The molecule has 2 aromatic carbocycles. The molecule has 0 saturated carbocycles. The van der Waals surface area contributed by atoms with E-state index in [1.54, 1.807) is 30.0 Å². The number of para-hydroxylation sites is 1. The van der Waals surface area contributed by atoms with Gasteiger partial charge in [0, 0.05) is 18.7 Å². The molecule has 162 valence electrons. The van der Waals surface area contributed by atoms with Crippen molar-refractivity contribution in [1.82, 2.24) is 0 Å². The number of hydrogen-bond acceptors (Lipinski definition) is 6. The van der Waals surface area contributed by atoms with Crippen molar-refractivity contribution >= 4 is 35.1 Å². The molecule has 0 aliphatic carbocycles. The van der Waals surface area contributed by atoms with E-state index in [1.807, 2.05) is 31.2 Å². The topological polar surface area (TPSA) is 102 Å². The lowest BCUT2D eigenvalue weighted by Crippen LogP contribution is -2.28. The van der Waals surface area contributed by atoms with Gasteiger partial charge in [0.2, 0.25) is 5.91 Å². The van der Waals surface area contributed by atoms with Crippen molar-refractivity contribution in [1.29, 1.82) is 0 Å². The first-order chi connectivity index (χ1) is 14.9. The van der Waals surface area contributed by atoms with Crippen molar-refractivity contribution in [2.45, 2.75) is 20.3 Å². The van der Waals surface area contributed by atoms with E-state index >= 15 is 0 Å². The largest absolute Gasteiger partial charge is 0.462 e. The van der Waals surface area contributed by atoms with E-state index in [9.17, 15) is 19.2 Å². The molecule has 0 bridgehead atoms. The number of carbonyl (C=O) groups is 4. The molecular formula is C23H24N2O6. The van der Waals surface area contributed by atoms with Crippen molar-refractivity contribution in [3.05, 3.63) is 59.7 Å². The number of ether oxygens (including phenoxy) is 2. The predicted molar refractivity (Wildman–Crippen MR) is 114 cm³/mol. The zero-order chi connectivity index (χ0) is 22.4. The summed E-state index contributed by atoms with van der Waals surface area (Å²) in [6.45, 7) is 3.52. The normalized spacial score (nSPS) is 15.5. The first kappa shape index (κ1) is 22.0. The van der Waals surface area contributed by atoms with Crippen LogP contribution in [0, 0.1) is 12.8 Å². The van der Waals surface area contributed by atoms with E-state index < -0.39 is 30.4 Å². The highest BCUT2D eigenvalue weighted by Gasteiger charge is 2.36. The van der Waals surface area contributed by atoms with Crippen LogP contribution >= 0.6 is 0 Å². The summed E-state index contributed by atoms with van der Waals surface area (Å²) in [5, 5.41) is 2.55. The van der Waals surface area contributed by atoms with Crippen molar-refractivity contribution in [3.63, 3.8) is 0 Å². The molecule has 1 aliphatic rings. The Hall–Kier alpha value is -3.68. The van der Waals surface area contributed by atoms with E-state index in [0.29, 0.717) is 0 Å². The van der Waals surface area contributed by atoms with Crippen LogP contribution in [0.1, 0.15) is 29.3 Å². The summed E-state index contributed by atoms with van der Waals surface area (Å²) < 4.78 is 10.1.